The van der Waals surface area contributed by atoms with Crippen LogP contribution >= 0.6 is 11.3 Å². The average Bonchev–Trinajstić information content (AvgIpc) is 2.94. The van der Waals surface area contributed by atoms with Crippen LogP contribution in [0.1, 0.15) is 36.9 Å². The molecule has 1 aromatic rings. The highest BCUT2D eigenvalue weighted by atomic mass is 32.2. The lowest BCUT2D eigenvalue weighted by Crippen LogP contribution is -2.39. The second-order valence-corrected chi connectivity index (χ2v) is 8.78. The van der Waals surface area contributed by atoms with Gasteiger partial charge in [0.1, 0.15) is 0 Å². The smallest absolute Gasteiger partial charge is 0.242 e. The Kier molecular flexibility index (Phi) is 5.43. The Morgan fingerprint density at radius 1 is 1.48 bits per heavy atom. The Labute approximate surface area is 131 Å². The van der Waals surface area contributed by atoms with Gasteiger partial charge in [-0.1, -0.05) is 13.8 Å². The first-order valence-corrected chi connectivity index (χ1v) is 9.56. The number of hydrogen-bond acceptors (Lipinski definition) is 5. The van der Waals surface area contributed by atoms with E-state index < -0.39 is 10.0 Å². The van der Waals surface area contributed by atoms with Crippen LogP contribution in [0.3, 0.4) is 0 Å². The van der Waals surface area contributed by atoms with Gasteiger partial charge in [0.2, 0.25) is 10.0 Å². The third-order valence-corrected chi connectivity index (χ3v) is 6.38. The van der Waals surface area contributed by atoms with Gasteiger partial charge in [-0.15, -0.1) is 11.3 Å². The average molecular weight is 332 g/mol. The topological polar surface area (TPSA) is 67.4 Å². The molecule has 1 saturated heterocycles. The number of hydrogen-bond donors (Lipinski definition) is 2. The minimum Gasteiger partial charge on any atom is -0.377 e. The molecule has 0 amide bonds. The predicted molar refractivity (Wildman–Crippen MR) is 85.2 cm³/mol. The normalized spacial score (nSPS) is 23.1. The number of thiophene rings is 1. The highest BCUT2D eigenvalue weighted by molar-refractivity contribution is 7.89. The largest absolute Gasteiger partial charge is 0.377 e. The number of ether oxygens (including phenoxy) is 1. The summed E-state index contributed by atoms with van der Waals surface area (Å²) in [4.78, 5) is 2.26. The maximum absolute atomic E-state index is 12.5. The Hall–Kier alpha value is -0.470. The maximum Gasteiger partial charge on any atom is 0.242 e. The molecule has 1 aliphatic rings. The number of rotatable bonds is 6. The standard InChI is InChI=1S/C14H24N2O3S2/c1-9(2)15-8-12-7-14(11(4)20-12)21(17,18)16-13-5-6-19-10(13)3/h7,9-10,13,15-16H,5-6,8H2,1-4H3. The summed E-state index contributed by atoms with van der Waals surface area (Å²) in [6, 6.07) is 2.02. The zero-order valence-electron chi connectivity index (χ0n) is 13.0. The molecule has 2 N–H and O–H groups in total. The number of sulfonamides is 1. The van der Waals surface area contributed by atoms with Gasteiger partial charge in [0.15, 0.2) is 0 Å². The summed E-state index contributed by atoms with van der Waals surface area (Å²) in [7, 11) is -3.47. The summed E-state index contributed by atoms with van der Waals surface area (Å²) >= 11 is 1.53. The number of aryl methyl sites for hydroxylation is 1. The van der Waals surface area contributed by atoms with Crippen molar-refractivity contribution < 1.29 is 13.2 Å². The summed E-state index contributed by atoms with van der Waals surface area (Å²) < 4.78 is 33.2. The fraction of sp³-hybridized carbons (Fsp3) is 0.714. The van der Waals surface area contributed by atoms with Crippen molar-refractivity contribution in [1.29, 1.82) is 0 Å². The van der Waals surface area contributed by atoms with E-state index >= 15 is 0 Å². The molecule has 0 saturated carbocycles. The zero-order valence-corrected chi connectivity index (χ0v) is 14.6. The molecule has 1 aromatic heterocycles. The molecule has 21 heavy (non-hydrogen) atoms. The van der Waals surface area contributed by atoms with E-state index in [0.717, 1.165) is 16.2 Å². The Bertz CT molecular complexity index is 581. The van der Waals surface area contributed by atoms with Crippen molar-refractivity contribution in [1.82, 2.24) is 10.0 Å². The zero-order chi connectivity index (χ0) is 15.6. The van der Waals surface area contributed by atoms with Gasteiger partial charge >= 0.3 is 0 Å². The van der Waals surface area contributed by atoms with Crippen LogP contribution in [0.2, 0.25) is 0 Å². The van der Waals surface area contributed by atoms with Crippen molar-refractivity contribution >= 4 is 21.4 Å². The minimum absolute atomic E-state index is 0.0687. The lowest BCUT2D eigenvalue weighted by atomic mass is 10.2. The SMILES string of the molecule is Cc1sc(CNC(C)C)cc1S(=O)(=O)NC1CCOC1C. The number of nitrogens with one attached hydrogen (secondary N) is 2. The molecular formula is C14H24N2O3S2. The van der Waals surface area contributed by atoms with Crippen LogP contribution < -0.4 is 10.0 Å². The molecule has 2 rings (SSSR count). The van der Waals surface area contributed by atoms with Crippen molar-refractivity contribution in [2.24, 2.45) is 0 Å². The van der Waals surface area contributed by atoms with Gasteiger partial charge in [-0.05, 0) is 26.3 Å². The Morgan fingerprint density at radius 3 is 2.76 bits per heavy atom. The summed E-state index contributed by atoms with van der Waals surface area (Å²) in [5.74, 6) is 0. The van der Waals surface area contributed by atoms with Crippen LogP contribution in [-0.4, -0.2) is 33.2 Å². The first-order valence-electron chi connectivity index (χ1n) is 7.26. The Balaban J connectivity index is 2.12. The molecule has 1 aliphatic heterocycles. The van der Waals surface area contributed by atoms with E-state index in [-0.39, 0.29) is 12.1 Å². The molecule has 1 fully saturated rings. The summed E-state index contributed by atoms with van der Waals surface area (Å²) in [6.07, 6.45) is 0.659. The minimum atomic E-state index is -3.47. The first kappa shape index (κ1) is 16.9. The van der Waals surface area contributed by atoms with Gasteiger partial charge in [0.05, 0.1) is 17.0 Å². The highest BCUT2D eigenvalue weighted by Gasteiger charge is 2.30. The molecule has 2 unspecified atom stereocenters. The molecule has 0 radical (unpaired) electrons. The second kappa shape index (κ2) is 6.75. The van der Waals surface area contributed by atoms with Crippen LogP contribution in [-0.2, 0) is 21.3 Å². The van der Waals surface area contributed by atoms with Gasteiger partial charge in [-0.25, -0.2) is 13.1 Å². The lowest BCUT2D eigenvalue weighted by Gasteiger charge is -2.15. The van der Waals surface area contributed by atoms with Crippen LogP contribution in [0, 0.1) is 6.92 Å². The quantitative estimate of drug-likeness (QED) is 0.836. The van der Waals surface area contributed by atoms with E-state index in [2.05, 4.69) is 23.9 Å². The van der Waals surface area contributed by atoms with Crippen molar-refractivity contribution in [3.05, 3.63) is 15.8 Å². The monoisotopic (exact) mass is 332 g/mol. The molecule has 2 heterocycles. The second-order valence-electron chi connectivity index (χ2n) is 5.76. The summed E-state index contributed by atoms with van der Waals surface area (Å²) in [6.45, 7) is 9.20. The van der Waals surface area contributed by atoms with E-state index in [4.69, 9.17) is 4.74 Å². The summed E-state index contributed by atoms with van der Waals surface area (Å²) in [5.41, 5.74) is 0. The van der Waals surface area contributed by atoms with Gasteiger partial charge in [0.25, 0.3) is 0 Å². The van der Waals surface area contributed by atoms with Crippen molar-refractivity contribution in [3.8, 4) is 0 Å². The molecule has 0 spiro atoms. The third-order valence-electron chi connectivity index (χ3n) is 3.58. The molecular weight excluding hydrogens is 308 g/mol. The molecule has 0 aliphatic carbocycles. The van der Waals surface area contributed by atoms with Gasteiger partial charge in [0, 0.05) is 28.9 Å². The van der Waals surface area contributed by atoms with E-state index in [9.17, 15) is 8.42 Å². The van der Waals surface area contributed by atoms with Gasteiger partial charge in [-0.3, -0.25) is 0 Å². The van der Waals surface area contributed by atoms with Crippen LogP contribution in [0.5, 0.6) is 0 Å². The maximum atomic E-state index is 12.5. The van der Waals surface area contributed by atoms with E-state index in [1.54, 1.807) is 6.07 Å². The van der Waals surface area contributed by atoms with E-state index in [1.165, 1.54) is 11.3 Å². The van der Waals surface area contributed by atoms with E-state index in [1.807, 2.05) is 13.8 Å². The van der Waals surface area contributed by atoms with Crippen LogP contribution in [0.15, 0.2) is 11.0 Å². The van der Waals surface area contributed by atoms with Crippen molar-refractivity contribution in [2.75, 3.05) is 6.61 Å². The fourth-order valence-electron chi connectivity index (χ4n) is 2.33. The lowest BCUT2D eigenvalue weighted by molar-refractivity contribution is 0.117. The van der Waals surface area contributed by atoms with Crippen LogP contribution in [0.4, 0.5) is 0 Å². The molecule has 0 aromatic carbocycles. The van der Waals surface area contributed by atoms with Crippen molar-refractivity contribution in [2.45, 2.75) is 63.7 Å². The molecule has 5 nitrogen and oxygen atoms in total. The first-order chi connectivity index (χ1) is 9.79. The van der Waals surface area contributed by atoms with Gasteiger partial charge in [-0.2, -0.15) is 0 Å². The summed E-state index contributed by atoms with van der Waals surface area (Å²) in [5, 5.41) is 3.31. The van der Waals surface area contributed by atoms with E-state index in [0.29, 0.717) is 24.1 Å². The van der Waals surface area contributed by atoms with Crippen molar-refractivity contribution in [3.63, 3.8) is 0 Å². The van der Waals surface area contributed by atoms with Crippen LogP contribution in [0.25, 0.3) is 0 Å². The third kappa shape index (κ3) is 4.26. The highest BCUT2D eigenvalue weighted by Crippen LogP contribution is 2.27. The molecule has 7 heteroatoms. The Morgan fingerprint density at radius 2 is 2.19 bits per heavy atom. The molecule has 2 atom stereocenters. The van der Waals surface area contributed by atoms with Gasteiger partial charge < -0.3 is 10.1 Å². The molecule has 0 bridgehead atoms. The molecule has 120 valence electrons. The fourth-order valence-corrected chi connectivity index (χ4v) is 5.26. The predicted octanol–water partition coefficient (Wildman–Crippen LogP) is 2.01.